The highest BCUT2D eigenvalue weighted by atomic mass is 32.2. The Morgan fingerprint density at radius 2 is 2.06 bits per heavy atom. The molecule has 1 aromatic rings. The largest absolute Gasteiger partial charge is 0.465 e. The summed E-state index contributed by atoms with van der Waals surface area (Å²) in [5.74, 6) is -0.618. The molecule has 1 heterocycles. The molecule has 1 aromatic heterocycles. The number of esters is 1. The molecule has 16 heavy (non-hydrogen) atoms. The van der Waals surface area contributed by atoms with Gasteiger partial charge in [0.25, 0.3) is 0 Å². The van der Waals surface area contributed by atoms with Gasteiger partial charge in [-0.3, -0.25) is 0 Å². The molecular formula is C9H13NO4S2. The van der Waals surface area contributed by atoms with E-state index >= 15 is 0 Å². The van der Waals surface area contributed by atoms with Crippen LogP contribution in [0.4, 0.5) is 5.69 Å². The van der Waals surface area contributed by atoms with E-state index < -0.39 is 21.1 Å². The molecule has 0 amide bonds. The van der Waals surface area contributed by atoms with Crippen LogP contribution in [0.3, 0.4) is 0 Å². The molecular weight excluding hydrogens is 250 g/mol. The van der Waals surface area contributed by atoms with Crippen molar-refractivity contribution in [1.29, 1.82) is 0 Å². The molecule has 0 saturated heterocycles. The van der Waals surface area contributed by atoms with E-state index in [1.807, 2.05) is 0 Å². The maximum Gasteiger partial charge on any atom is 0.350 e. The van der Waals surface area contributed by atoms with Crippen LogP contribution >= 0.6 is 11.3 Å². The van der Waals surface area contributed by atoms with E-state index in [9.17, 15) is 13.2 Å². The number of carbonyl (C=O) groups is 1. The Morgan fingerprint density at radius 1 is 1.50 bits per heavy atom. The fourth-order valence-electron chi connectivity index (χ4n) is 1.08. The summed E-state index contributed by atoms with van der Waals surface area (Å²) in [4.78, 5) is 11.4. The van der Waals surface area contributed by atoms with E-state index in [0.29, 0.717) is 0 Å². The Hall–Kier alpha value is -1.08. The number of hydrogen-bond donors (Lipinski definition) is 1. The van der Waals surface area contributed by atoms with Gasteiger partial charge in [-0.25, -0.2) is 13.2 Å². The van der Waals surface area contributed by atoms with Gasteiger partial charge in [-0.2, -0.15) is 0 Å². The van der Waals surface area contributed by atoms with Crippen molar-refractivity contribution in [3.05, 3.63) is 10.3 Å². The monoisotopic (exact) mass is 263 g/mol. The topological polar surface area (TPSA) is 86.5 Å². The number of methoxy groups -OCH3 is 1. The van der Waals surface area contributed by atoms with E-state index in [1.54, 1.807) is 13.8 Å². The lowest BCUT2D eigenvalue weighted by atomic mass is 10.4. The Balaban J connectivity index is 3.31. The summed E-state index contributed by atoms with van der Waals surface area (Å²) in [6.45, 7) is 3.12. The Bertz CT molecular complexity index is 502. The predicted molar refractivity (Wildman–Crippen MR) is 62.4 cm³/mol. The standard InChI is InChI=1S/C9H13NO4S2/c1-5(2)16(12,13)6-4-15-8(7(6)10)9(11)14-3/h4-5H,10H2,1-3H3. The first kappa shape index (κ1) is 13.0. The van der Waals surface area contributed by atoms with Gasteiger partial charge >= 0.3 is 5.97 Å². The number of sulfone groups is 1. The van der Waals surface area contributed by atoms with Crippen LogP contribution in [0.25, 0.3) is 0 Å². The third-order valence-electron chi connectivity index (χ3n) is 2.09. The summed E-state index contributed by atoms with van der Waals surface area (Å²) in [5.41, 5.74) is 5.61. The van der Waals surface area contributed by atoms with Crippen molar-refractivity contribution >= 4 is 32.8 Å². The van der Waals surface area contributed by atoms with Crippen LogP contribution < -0.4 is 5.73 Å². The number of rotatable bonds is 3. The summed E-state index contributed by atoms with van der Waals surface area (Å²) in [6.07, 6.45) is 0. The fourth-order valence-corrected chi connectivity index (χ4v) is 3.51. The van der Waals surface area contributed by atoms with E-state index in [0.717, 1.165) is 11.3 Å². The SMILES string of the molecule is COC(=O)c1scc(S(=O)(=O)C(C)C)c1N. The second-order valence-corrected chi connectivity index (χ2v) is 6.78. The van der Waals surface area contributed by atoms with E-state index in [-0.39, 0.29) is 15.5 Å². The van der Waals surface area contributed by atoms with Crippen LogP contribution in [0, 0.1) is 0 Å². The molecule has 90 valence electrons. The average molecular weight is 263 g/mol. The average Bonchev–Trinajstić information content (AvgIpc) is 2.59. The second-order valence-electron chi connectivity index (χ2n) is 3.43. The molecule has 1 rings (SSSR count). The van der Waals surface area contributed by atoms with Gasteiger partial charge in [-0.15, -0.1) is 11.3 Å². The molecule has 0 aliphatic rings. The van der Waals surface area contributed by atoms with Crippen LogP contribution in [0.5, 0.6) is 0 Å². The lowest BCUT2D eigenvalue weighted by Crippen LogP contribution is -2.15. The van der Waals surface area contributed by atoms with Crippen LogP contribution in [-0.4, -0.2) is 26.7 Å². The molecule has 0 bridgehead atoms. The molecule has 0 spiro atoms. The molecule has 0 saturated carbocycles. The van der Waals surface area contributed by atoms with Crippen LogP contribution in [0.15, 0.2) is 10.3 Å². The molecule has 0 aliphatic heterocycles. The normalized spacial score (nSPS) is 11.8. The van der Waals surface area contributed by atoms with Crippen molar-refractivity contribution < 1.29 is 17.9 Å². The van der Waals surface area contributed by atoms with Crippen LogP contribution in [0.1, 0.15) is 23.5 Å². The van der Waals surface area contributed by atoms with Crippen molar-refractivity contribution in [2.75, 3.05) is 12.8 Å². The van der Waals surface area contributed by atoms with Gasteiger partial charge in [-0.1, -0.05) is 0 Å². The fraction of sp³-hybridized carbons (Fsp3) is 0.444. The van der Waals surface area contributed by atoms with E-state index in [4.69, 9.17) is 5.73 Å². The number of ether oxygens (including phenoxy) is 1. The molecule has 0 aromatic carbocycles. The highest BCUT2D eigenvalue weighted by Gasteiger charge is 2.27. The summed E-state index contributed by atoms with van der Waals surface area (Å²) < 4.78 is 28.2. The second kappa shape index (κ2) is 4.42. The lowest BCUT2D eigenvalue weighted by Gasteiger charge is -2.06. The quantitative estimate of drug-likeness (QED) is 0.831. The summed E-state index contributed by atoms with van der Waals surface area (Å²) in [6, 6.07) is 0. The van der Waals surface area contributed by atoms with Gasteiger partial charge in [-0.05, 0) is 13.8 Å². The number of thiophene rings is 1. The van der Waals surface area contributed by atoms with Gasteiger partial charge in [0.05, 0.1) is 18.0 Å². The minimum Gasteiger partial charge on any atom is -0.465 e. The molecule has 2 N–H and O–H groups in total. The van der Waals surface area contributed by atoms with Crippen LogP contribution in [0.2, 0.25) is 0 Å². The van der Waals surface area contributed by atoms with Gasteiger partial charge in [0.15, 0.2) is 9.84 Å². The first-order valence-corrected chi connectivity index (χ1v) is 6.94. The third-order valence-corrected chi connectivity index (χ3v) is 5.41. The van der Waals surface area contributed by atoms with Crippen molar-refractivity contribution in [2.45, 2.75) is 24.0 Å². The molecule has 0 unspecified atom stereocenters. The zero-order valence-electron chi connectivity index (χ0n) is 9.18. The summed E-state index contributed by atoms with van der Waals surface area (Å²) >= 11 is 0.974. The smallest absolute Gasteiger partial charge is 0.350 e. The molecule has 7 heteroatoms. The number of carbonyl (C=O) groups excluding carboxylic acids is 1. The van der Waals surface area contributed by atoms with Crippen molar-refractivity contribution in [3.8, 4) is 0 Å². The molecule has 5 nitrogen and oxygen atoms in total. The number of hydrogen-bond acceptors (Lipinski definition) is 6. The molecule has 0 fully saturated rings. The van der Waals surface area contributed by atoms with Crippen molar-refractivity contribution in [2.24, 2.45) is 0 Å². The van der Waals surface area contributed by atoms with Crippen LogP contribution in [-0.2, 0) is 14.6 Å². The maximum absolute atomic E-state index is 11.9. The summed E-state index contributed by atoms with van der Waals surface area (Å²) in [7, 11) is -2.23. The van der Waals surface area contributed by atoms with Crippen molar-refractivity contribution in [1.82, 2.24) is 0 Å². The van der Waals surface area contributed by atoms with Gasteiger partial charge in [0, 0.05) is 5.38 Å². The minimum atomic E-state index is -3.45. The highest BCUT2D eigenvalue weighted by molar-refractivity contribution is 7.92. The Kier molecular flexibility index (Phi) is 3.59. The zero-order valence-corrected chi connectivity index (χ0v) is 10.8. The van der Waals surface area contributed by atoms with Gasteiger partial charge in [0.2, 0.25) is 0 Å². The Morgan fingerprint density at radius 3 is 2.50 bits per heavy atom. The molecule has 0 radical (unpaired) electrons. The van der Waals surface area contributed by atoms with Crippen molar-refractivity contribution in [3.63, 3.8) is 0 Å². The number of nitrogens with two attached hydrogens (primary N) is 1. The zero-order chi connectivity index (χ0) is 12.5. The number of nitrogen functional groups attached to an aromatic ring is 1. The van der Waals surface area contributed by atoms with E-state index in [1.165, 1.54) is 12.5 Å². The highest BCUT2D eigenvalue weighted by Crippen LogP contribution is 2.31. The molecule has 0 aliphatic carbocycles. The predicted octanol–water partition coefficient (Wildman–Crippen LogP) is 1.30. The molecule has 0 atom stereocenters. The maximum atomic E-state index is 11.9. The van der Waals surface area contributed by atoms with Gasteiger partial charge < -0.3 is 10.5 Å². The Labute approximate surface area is 98.1 Å². The minimum absolute atomic E-state index is 0.00731. The first-order chi connectivity index (χ1) is 7.32. The summed E-state index contributed by atoms with van der Waals surface area (Å²) in [5, 5.41) is 0.798. The third kappa shape index (κ3) is 2.05. The number of anilines is 1. The first-order valence-electron chi connectivity index (χ1n) is 4.51. The van der Waals surface area contributed by atoms with E-state index in [2.05, 4.69) is 4.74 Å². The van der Waals surface area contributed by atoms with Gasteiger partial charge in [0.1, 0.15) is 9.77 Å². The lowest BCUT2D eigenvalue weighted by molar-refractivity contribution is 0.0607.